The molecule has 5 atom stereocenters. The number of amides is 1. The number of ether oxygens (including phenoxy) is 2. The third-order valence-electron chi connectivity index (χ3n) is 5.02. The van der Waals surface area contributed by atoms with Crippen molar-refractivity contribution in [1.82, 2.24) is 0 Å². The van der Waals surface area contributed by atoms with Crippen molar-refractivity contribution in [2.24, 2.45) is 0 Å². The molecule has 1 aliphatic rings. The fourth-order valence-electron chi connectivity index (χ4n) is 3.26. The van der Waals surface area contributed by atoms with Gasteiger partial charge in [-0.25, -0.2) is 4.79 Å². The molecule has 1 aliphatic heterocycles. The zero-order valence-electron chi connectivity index (χ0n) is 17.6. The summed E-state index contributed by atoms with van der Waals surface area (Å²) in [5.74, 6) is -3.72. The van der Waals surface area contributed by atoms with Crippen LogP contribution in [0.1, 0.15) is 28.4 Å². The summed E-state index contributed by atoms with van der Waals surface area (Å²) in [6.07, 6.45) is -9.52. The van der Waals surface area contributed by atoms with E-state index in [1.165, 1.54) is 13.0 Å². The van der Waals surface area contributed by atoms with Gasteiger partial charge < -0.3 is 40.3 Å². The SMILES string of the molecule is CC(=O)Nc1cc(C(=O)c2ccc(C)cc2)cc(OC2O[C@H](C(=O)O)[C@@H](O)[C@H](O)[C@H]2O)c1O. The lowest BCUT2D eigenvalue weighted by Crippen LogP contribution is -2.61. The van der Waals surface area contributed by atoms with Gasteiger partial charge in [0.05, 0.1) is 5.69 Å². The highest BCUT2D eigenvalue weighted by Crippen LogP contribution is 2.38. The maximum atomic E-state index is 13.0. The van der Waals surface area contributed by atoms with Gasteiger partial charge in [0.1, 0.15) is 18.3 Å². The van der Waals surface area contributed by atoms with E-state index in [1.807, 2.05) is 6.92 Å². The highest BCUT2D eigenvalue weighted by molar-refractivity contribution is 6.10. The molecule has 1 amide bonds. The first kappa shape index (κ1) is 24.1. The molecule has 0 spiro atoms. The van der Waals surface area contributed by atoms with E-state index in [0.29, 0.717) is 5.56 Å². The van der Waals surface area contributed by atoms with Crippen LogP contribution in [-0.4, -0.2) is 73.9 Å². The fourth-order valence-corrected chi connectivity index (χ4v) is 3.26. The molecule has 2 aromatic rings. The van der Waals surface area contributed by atoms with Gasteiger partial charge in [0.2, 0.25) is 12.2 Å². The van der Waals surface area contributed by atoms with Crippen molar-refractivity contribution in [3.8, 4) is 11.5 Å². The number of ketones is 1. The largest absolute Gasteiger partial charge is 0.503 e. The van der Waals surface area contributed by atoms with E-state index in [0.717, 1.165) is 11.6 Å². The highest BCUT2D eigenvalue weighted by atomic mass is 16.7. The number of aliphatic hydroxyl groups is 3. The van der Waals surface area contributed by atoms with Crippen LogP contribution in [-0.2, 0) is 14.3 Å². The molecule has 0 aliphatic carbocycles. The van der Waals surface area contributed by atoms with Crippen LogP contribution in [0.25, 0.3) is 0 Å². The zero-order chi connectivity index (χ0) is 24.4. The van der Waals surface area contributed by atoms with Crippen molar-refractivity contribution in [3.63, 3.8) is 0 Å². The van der Waals surface area contributed by atoms with Crippen LogP contribution in [0.15, 0.2) is 36.4 Å². The summed E-state index contributed by atoms with van der Waals surface area (Å²) >= 11 is 0. The number of phenolic OH excluding ortho intramolecular Hbond substituents is 1. The van der Waals surface area contributed by atoms with E-state index in [9.17, 15) is 39.9 Å². The molecule has 1 saturated heterocycles. The van der Waals surface area contributed by atoms with E-state index in [2.05, 4.69) is 5.32 Å². The monoisotopic (exact) mass is 461 g/mol. The minimum absolute atomic E-state index is 0.00364. The molecule has 0 saturated carbocycles. The van der Waals surface area contributed by atoms with Crippen molar-refractivity contribution in [1.29, 1.82) is 0 Å². The lowest BCUT2D eigenvalue weighted by atomic mass is 9.99. The summed E-state index contributed by atoms with van der Waals surface area (Å²) in [5, 5.41) is 52.0. The molecule has 11 nitrogen and oxygen atoms in total. The van der Waals surface area contributed by atoms with Crippen LogP contribution >= 0.6 is 0 Å². The molecule has 176 valence electrons. The maximum absolute atomic E-state index is 13.0. The average molecular weight is 461 g/mol. The van der Waals surface area contributed by atoms with Crippen LogP contribution in [0.3, 0.4) is 0 Å². The molecule has 1 unspecified atom stereocenters. The van der Waals surface area contributed by atoms with Crippen LogP contribution in [0.4, 0.5) is 5.69 Å². The smallest absolute Gasteiger partial charge is 0.335 e. The number of aliphatic hydroxyl groups excluding tert-OH is 3. The predicted molar refractivity (Wildman–Crippen MR) is 112 cm³/mol. The van der Waals surface area contributed by atoms with Crippen LogP contribution in [0, 0.1) is 6.92 Å². The molecule has 0 bridgehead atoms. The number of carbonyl (C=O) groups is 3. The molecular formula is C22H23NO10. The molecule has 6 N–H and O–H groups in total. The van der Waals surface area contributed by atoms with Gasteiger partial charge in [-0.15, -0.1) is 0 Å². The molecular weight excluding hydrogens is 438 g/mol. The molecule has 2 aromatic carbocycles. The number of carboxylic acids is 1. The number of aliphatic carboxylic acids is 1. The number of aromatic hydroxyl groups is 1. The first-order valence-electron chi connectivity index (χ1n) is 9.84. The first-order chi connectivity index (χ1) is 15.5. The minimum Gasteiger partial charge on any atom is -0.503 e. The number of anilines is 1. The predicted octanol–water partition coefficient (Wildman–Crippen LogP) is 0.161. The summed E-state index contributed by atoms with van der Waals surface area (Å²) < 4.78 is 10.5. The number of hydrogen-bond acceptors (Lipinski definition) is 9. The molecule has 11 heteroatoms. The van der Waals surface area contributed by atoms with Gasteiger partial charge in [-0.3, -0.25) is 9.59 Å². The second-order valence-electron chi connectivity index (χ2n) is 7.60. The number of aryl methyl sites for hydroxylation is 1. The summed E-state index contributed by atoms with van der Waals surface area (Å²) in [4.78, 5) is 35.8. The van der Waals surface area contributed by atoms with Gasteiger partial charge in [-0.1, -0.05) is 29.8 Å². The number of hydrogen-bond donors (Lipinski definition) is 6. The Morgan fingerprint density at radius 1 is 0.970 bits per heavy atom. The second-order valence-corrected chi connectivity index (χ2v) is 7.60. The van der Waals surface area contributed by atoms with Gasteiger partial charge >= 0.3 is 5.97 Å². The van der Waals surface area contributed by atoms with Crippen LogP contribution < -0.4 is 10.1 Å². The summed E-state index contributed by atoms with van der Waals surface area (Å²) in [6.45, 7) is 3.03. The highest BCUT2D eigenvalue weighted by Gasteiger charge is 2.48. The number of phenols is 1. The van der Waals surface area contributed by atoms with E-state index >= 15 is 0 Å². The Balaban J connectivity index is 2.00. The average Bonchev–Trinajstić information content (AvgIpc) is 2.76. The van der Waals surface area contributed by atoms with Crippen LogP contribution in [0.5, 0.6) is 11.5 Å². The molecule has 3 rings (SSSR count). The molecule has 0 aromatic heterocycles. The normalized spacial score (nSPS) is 24.7. The van der Waals surface area contributed by atoms with E-state index < -0.39 is 59.9 Å². The fraction of sp³-hybridized carbons (Fsp3) is 0.318. The van der Waals surface area contributed by atoms with Gasteiger partial charge in [0.15, 0.2) is 23.4 Å². The number of rotatable bonds is 6. The summed E-state index contributed by atoms with van der Waals surface area (Å²) in [6, 6.07) is 8.98. The van der Waals surface area contributed by atoms with Crippen molar-refractivity contribution in [2.45, 2.75) is 44.6 Å². The second kappa shape index (κ2) is 9.55. The molecule has 33 heavy (non-hydrogen) atoms. The standard InChI is InChI=1S/C22H23NO10/c1-9-3-5-11(6-4-9)15(25)12-7-13(23-10(2)24)16(26)14(8-12)32-22-19(29)17(27)18(28)20(33-22)21(30)31/h3-8,17-20,22,26-29H,1-2H3,(H,23,24)(H,30,31)/t17-,18-,19+,20-,22?/m0/s1. The Morgan fingerprint density at radius 2 is 1.61 bits per heavy atom. The number of benzene rings is 2. The van der Waals surface area contributed by atoms with Gasteiger partial charge in [0, 0.05) is 18.1 Å². The molecule has 1 fully saturated rings. The quantitative estimate of drug-likeness (QED) is 0.256. The lowest BCUT2D eigenvalue weighted by Gasteiger charge is -2.38. The van der Waals surface area contributed by atoms with E-state index in [4.69, 9.17) is 9.47 Å². The third kappa shape index (κ3) is 5.12. The van der Waals surface area contributed by atoms with Crippen molar-refractivity contribution < 1.29 is 49.4 Å². The maximum Gasteiger partial charge on any atom is 0.335 e. The first-order valence-corrected chi connectivity index (χ1v) is 9.84. The Hall–Kier alpha value is -3.51. The number of carbonyl (C=O) groups excluding carboxylic acids is 2. The Morgan fingerprint density at radius 3 is 2.18 bits per heavy atom. The van der Waals surface area contributed by atoms with Crippen molar-refractivity contribution in [2.75, 3.05) is 5.32 Å². The zero-order valence-corrected chi connectivity index (χ0v) is 17.6. The van der Waals surface area contributed by atoms with E-state index in [-0.39, 0.29) is 11.3 Å². The van der Waals surface area contributed by atoms with Gasteiger partial charge in [0.25, 0.3) is 0 Å². The Kier molecular flexibility index (Phi) is 6.98. The van der Waals surface area contributed by atoms with Crippen molar-refractivity contribution in [3.05, 3.63) is 53.1 Å². The third-order valence-corrected chi connectivity index (χ3v) is 5.02. The van der Waals surface area contributed by atoms with Gasteiger partial charge in [-0.05, 0) is 19.1 Å². The summed E-state index contributed by atoms with van der Waals surface area (Å²) in [5.41, 5.74) is 1.05. The topological polar surface area (TPSA) is 183 Å². The summed E-state index contributed by atoms with van der Waals surface area (Å²) in [7, 11) is 0. The van der Waals surface area contributed by atoms with Gasteiger partial charge in [-0.2, -0.15) is 0 Å². The number of carboxylic acid groups (broad SMARTS) is 1. The minimum atomic E-state index is -1.93. The van der Waals surface area contributed by atoms with E-state index in [1.54, 1.807) is 24.3 Å². The Bertz CT molecular complexity index is 1070. The molecule has 1 heterocycles. The van der Waals surface area contributed by atoms with Crippen LogP contribution in [0.2, 0.25) is 0 Å². The Labute approximate surface area is 187 Å². The number of nitrogens with one attached hydrogen (secondary N) is 1. The lowest BCUT2D eigenvalue weighted by molar-refractivity contribution is -0.271. The van der Waals surface area contributed by atoms with Crippen molar-refractivity contribution >= 4 is 23.3 Å². The molecule has 0 radical (unpaired) electrons.